The normalized spacial score (nSPS) is 12.1. The molecule has 0 fully saturated rings. The molecule has 1 amide bonds. The maximum Gasteiger partial charge on any atom is 0.271 e. The van der Waals surface area contributed by atoms with Crippen LogP contribution in [0, 0.1) is 0 Å². The number of hydrogen-bond donors (Lipinski definition) is 1. The van der Waals surface area contributed by atoms with E-state index in [4.69, 9.17) is 16.3 Å². The van der Waals surface area contributed by atoms with Gasteiger partial charge in [0.1, 0.15) is 17.1 Å². The zero-order chi connectivity index (χ0) is 16.4. The SMILES string of the molecule is COc1ccc([C@H](C)NC(=O)c2cn3cc(Cl)ccc3n2)cc1. The lowest BCUT2D eigenvalue weighted by molar-refractivity contribution is 0.0935. The van der Waals surface area contributed by atoms with Gasteiger partial charge < -0.3 is 14.5 Å². The molecule has 1 atom stereocenters. The summed E-state index contributed by atoms with van der Waals surface area (Å²) in [4.78, 5) is 16.7. The molecular weight excluding hydrogens is 314 g/mol. The van der Waals surface area contributed by atoms with Gasteiger partial charge in [0.05, 0.1) is 18.2 Å². The summed E-state index contributed by atoms with van der Waals surface area (Å²) in [7, 11) is 1.62. The summed E-state index contributed by atoms with van der Waals surface area (Å²) < 4.78 is 6.86. The summed E-state index contributed by atoms with van der Waals surface area (Å²) in [6.45, 7) is 1.92. The number of rotatable bonds is 4. The van der Waals surface area contributed by atoms with Gasteiger partial charge in [0.2, 0.25) is 0 Å². The standard InChI is InChI=1S/C17H16ClN3O2/c1-11(12-3-6-14(23-2)7-4-12)19-17(22)15-10-21-9-13(18)5-8-16(21)20-15/h3-11H,1-2H3,(H,19,22)/t11-/m0/s1. The number of fused-ring (bicyclic) bond motifs is 1. The number of halogens is 1. The van der Waals surface area contributed by atoms with E-state index in [0.29, 0.717) is 16.4 Å². The molecule has 0 saturated carbocycles. The highest BCUT2D eigenvalue weighted by Crippen LogP contribution is 2.18. The van der Waals surface area contributed by atoms with E-state index in [1.54, 1.807) is 36.0 Å². The molecular formula is C17H16ClN3O2. The lowest BCUT2D eigenvalue weighted by Gasteiger charge is -2.13. The Bertz CT molecular complexity index is 843. The minimum absolute atomic E-state index is 0.137. The summed E-state index contributed by atoms with van der Waals surface area (Å²) in [5.41, 5.74) is 2.02. The first-order valence-corrected chi connectivity index (χ1v) is 7.53. The van der Waals surface area contributed by atoms with Crippen molar-refractivity contribution in [1.29, 1.82) is 0 Å². The molecule has 0 spiro atoms. The molecule has 0 unspecified atom stereocenters. The van der Waals surface area contributed by atoms with E-state index in [-0.39, 0.29) is 11.9 Å². The molecule has 0 aliphatic heterocycles. The Morgan fingerprint density at radius 3 is 2.65 bits per heavy atom. The second kappa shape index (κ2) is 6.30. The average molecular weight is 330 g/mol. The van der Waals surface area contributed by atoms with Gasteiger partial charge in [0, 0.05) is 12.4 Å². The second-order valence-electron chi connectivity index (χ2n) is 5.21. The topological polar surface area (TPSA) is 55.6 Å². The molecule has 0 radical (unpaired) electrons. The van der Waals surface area contributed by atoms with Crippen LogP contribution < -0.4 is 10.1 Å². The summed E-state index contributed by atoms with van der Waals surface area (Å²) in [5, 5.41) is 3.53. The number of imidazole rings is 1. The van der Waals surface area contributed by atoms with E-state index in [1.165, 1.54) is 0 Å². The van der Waals surface area contributed by atoms with Gasteiger partial charge in [-0.15, -0.1) is 0 Å². The van der Waals surface area contributed by atoms with Crippen molar-refractivity contribution in [2.45, 2.75) is 13.0 Å². The number of methoxy groups -OCH3 is 1. The van der Waals surface area contributed by atoms with Crippen LogP contribution in [0.2, 0.25) is 5.02 Å². The van der Waals surface area contributed by atoms with Crippen LogP contribution in [0.3, 0.4) is 0 Å². The minimum Gasteiger partial charge on any atom is -0.497 e. The lowest BCUT2D eigenvalue weighted by Crippen LogP contribution is -2.26. The third-order valence-corrected chi connectivity index (χ3v) is 3.83. The number of pyridine rings is 1. The van der Waals surface area contributed by atoms with Gasteiger partial charge in [-0.1, -0.05) is 23.7 Å². The van der Waals surface area contributed by atoms with Gasteiger partial charge in [0.25, 0.3) is 5.91 Å². The fraction of sp³-hybridized carbons (Fsp3) is 0.176. The quantitative estimate of drug-likeness (QED) is 0.797. The average Bonchev–Trinajstić information content (AvgIpc) is 2.98. The number of hydrogen-bond acceptors (Lipinski definition) is 3. The summed E-state index contributed by atoms with van der Waals surface area (Å²) >= 11 is 5.94. The number of aromatic nitrogens is 2. The van der Waals surface area contributed by atoms with Crippen LogP contribution in [0.15, 0.2) is 48.8 Å². The van der Waals surface area contributed by atoms with E-state index >= 15 is 0 Å². The Morgan fingerprint density at radius 2 is 1.96 bits per heavy atom. The number of nitrogens with one attached hydrogen (secondary N) is 1. The van der Waals surface area contributed by atoms with Crippen molar-refractivity contribution in [3.05, 3.63) is 65.1 Å². The van der Waals surface area contributed by atoms with Gasteiger partial charge in [-0.2, -0.15) is 0 Å². The van der Waals surface area contributed by atoms with E-state index < -0.39 is 0 Å². The van der Waals surface area contributed by atoms with Crippen LogP contribution in [0.5, 0.6) is 5.75 Å². The highest BCUT2D eigenvalue weighted by Gasteiger charge is 2.14. The molecule has 1 N–H and O–H groups in total. The largest absolute Gasteiger partial charge is 0.497 e. The van der Waals surface area contributed by atoms with Crippen molar-refractivity contribution in [3.8, 4) is 5.75 Å². The number of carbonyl (C=O) groups is 1. The molecule has 0 aliphatic carbocycles. The third-order valence-electron chi connectivity index (χ3n) is 3.61. The predicted molar refractivity (Wildman–Crippen MR) is 89.1 cm³/mol. The van der Waals surface area contributed by atoms with Crippen LogP contribution in [-0.2, 0) is 0 Å². The third kappa shape index (κ3) is 3.29. The van der Waals surface area contributed by atoms with Crippen molar-refractivity contribution >= 4 is 23.2 Å². The van der Waals surface area contributed by atoms with E-state index in [0.717, 1.165) is 11.3 Å². The van der Waals surface area contributed by atoms with Crippen LogP contribution in [0.4, 0.5) is 0 Å². The smallest absolute Gasteiger partial charge is 0.271 e. The summed E-state index contributed by atoms with van der Waals surface area (Å²) in [6, 6.07) is 11.0. The Kier molecular flexibility index (Phi) is 4.21. The maximum atomic E-state index is 12.4. The molecule has 0 bridgehead atoms. The summed E-state index contributed by atoms with van der Waals surface area (Å²) in [6.07, 6.45) is 3.38. The van der Waals surface area contributed by atoms with Gasteiger partial charge in [-0.25, -0.2) is 4.98 Å². The van der Waals surface area contributed by atoms with Crippen molar-refractivity contribution in [2.24, 2.45) is 0 Å². The summed E-state index contributed by atoms with van der Waals surface area (Å²) in [5.74, 6) is 0.553. The molecule has 5 nitrogen and oxygen atoms in total. The Balaban J connectivity index is 1.76. The van der Waals surface area contributed by atoms with Crippen molar-refractivity contribution in [1.82, 2.24) is 14.7 Å². The molecule has 6 heteroatoms. The maximum absolute atomic E-state index is 12.4. The predicted octanol–water partition coefficient (Wildman–Crippen LogP) is 3.49. The fourth-order valence-corrected chi connectivity index (χ4v) is 2.49. The molecule has 2 aromatic heterocycles. The highest BCUT2D eigenvalue weighted by atomic mass is 35.5. The zero-order valence-electron chi connectivity index (χ0n) is 12.8. The van der Waals surface area contributed by atoms with E-state index in [2.05, 4.69) is 10.3 Å². The second-order valence-corrected chi connectivity index (χ2v) is 5.64. The first kappa shape index (κ1) is 15.4. The molecule has 3 aromatic rings. The molecule has 23 heavy (non-hydrogen) atoms. The first-order valence-electron chi connectivity index (χ1n) is 7.16. The number of nitrogens with zero attached hydrogens (tertiary/aromatic N) is 2. The van der Waals surface area contributed by atoms with Crippen LogP contribution in [0.25, 0.3) is 5.65 Å². The Labute approximate surface area is 138 Å². The van der Waals surface area contributed by atoms with Crippen molar-refractivity contribution in [2.75, 3.05) is 7.11 Å². The van der Waals surface area contributed by atoms with Crippen LogP contribution in [0.1, 0.15) is 29.0 Å². The van der Waals surface area contributed by atoms with E-state index in [9.17, 15) is 4.79 Å². The Hall–Kier alpha value is -2.53. The molecule has 0 aliphatic rings. The zero-order valence-corrected chi connectivity index (χ0v) is 13.5. The molecule has 3 rings (SSSR count). The molecule has 0 saturated heterocycles. The van der Waals surface area contributed by atoms with Gasteiger partial charge in [0.15, 0.2) is 0 Å². The van der Waals surface area contributed by atoms with Crippen LogP contribution >= 0.6 is 11.6 Å². The number of carbonyl (C=O) groups excluding carboxylic acids is 1. The Morgan fingerprint density at radius 1 is 1.22 bits per heavy atom. The monoisotopic (exact) mass is 329 g/mol. The molecule has 1 aromatic carbocycles. The number of amides is 1. The lowest BCUT2D eigenvalue weighted by atomic mass is 10.1. The van der Waals surface area contributed by atoms with E-state index in [1.807, 2.05) is 31.2 Å². The van der Waals surface area contributed by atoms with Crippen molar-refractivity contribution < 1.29 is 9.53 Å². The fourth-order valence-electron chi connectivity index (χ4n) is 2.32. The van der Waals surface area contributed by atoms with Gasteiger partial charge >= 0.3 is 0 Å². The highest BCUT2D eigenvalue weighted by molar-refractivity contribution is 6.30. The first-order chi connectivity index (χ1) is 11.1. The molecule has 2 heterocycles. The number of benzene rings is 1. The van der Waals surface area contributed by atoms with Crippen molar-refractivity contribution in [3.63, 3.8) is 0 Å². The van der Waals surface area contributed by atoms with Gasteiger partial charge in [-0.3, -0.25) is 4.79 Å². The molecule has 118 valence electrons. The van der Waals surface area contributed by atoms with Gasteiger partial charge in [-0.05, 0) is 36.8 Å². The number of ether oxygens (including phenoxy) is 1. The van der Waals surface area contributed by atoms with Crippen LogP contribution in [-0.4, -0.2) is 22.4 Å². The minimum atomic E-state index is -0.229.